The van der Waals surface area contributed by atoms with Gasteiger partial charge >= 0.3 is 0 Å². The summed E-state index contributed by atoms with van der Waals surface area (Å²) in [5.41, 5.74) is 7.44. The van der Waals surface area contributed by atoms with E-state index >= 15 is 0 Å². The van der Waals surface area contributed by atoms with Gasteiger partial charge < -0.3 is 20.6 Å². The third-order valence-electron chi connectivity index (χ3n) is 8.54. The smallest absolute Gasteiger partial charge is 0.234 e. The number of anilines is 3. The van der Waals surface area contributed by atoms with Gasteiger partial charge in [-0.3, -0.25) is 4.79 Å². The van der Waals surface area contributed by atoms with E-state index in [0.29, 0.717) is 29.9 Å². The fourth-order valence-electron chi connectivity index (χ4n) is 6.42. The lowest BCUT2D eigenvalue weighted by molar-refractivity contribution is -0.119. The van der Waals surface area contributed by atoms with Crippen molar-refractivity contribution in [3.63, 3.8) is 0 Å². The van der Waals surface area contributed by atoms with E-state index < -0.39 is 11.0 Å². The highest BCUT2D eigenvalue weighted by Gasteiger charge is 2.39. The highest BCUT2D eigenvalue weighted by Crippen LogP contribution is 2.40. The molecule has 0 saturated carbocycles. The number of benzene rings is 2. The lowest BCUT2D eigenvalue weighted by Crippen LogP contribution is -2.42. The first-order valence-corrected chi connectivity index (χ1v) is 15.0. The van der Waals surface area contributed by atoms with E-state index in [1.54, 1.807) is 6.20 Å². The molecule has 218 valence electrons. The molecule has 0 bridgehead atoms. The minimum absolute atomic E-state index is 0.0272. The number of fused-ring (bicyclic) bond motifs is 1. The molecule has 3 N–H and O–H groups in total. The molecular formula is C33H42ClN5O2. The summed E-state index contributed by atoms with van der Waals surface area (Å²) < 4.78 is 0. The molecule has 0 unspecified atom stereocenters. The standard InChI is InChI=1S/C33H42ClN5O2/c1-20-17-28(21(2)16-24(20)22-12-14-39(15-13-22)19-32(3,4)41)38-31-35-18-25(34)26(37-31)11-10-23-8-7-9-27-29(23)33(5,6)30(40)36-27/h7-9,16-18,22,41H,10-15,19H2,1-6H3,(H,36,40)(H,35,37,38). The number of aromatic nitrogens is 2. The van der Waals surface area contributed by atoms with Crippen molar-refractivity contribution >= 4 is 34.8 Å². The zero-order chi connectivity index (χ0) is 29.5. The van der Waals surface area contributed by atoms with Crippen LogP contribution in [0.4, 0.5) is 17.3 Å². The van der Waals surface area contributed by atoms with E-state index in [1.165, 1.54) is 11.1 Å². The number of halogens is 1. The molecule has 8 heteroatoms. The molecule has 1 amide bonds. The van der Waals surface area contributed by atoms with Crippen LogP contribution in [0.2, 0.25) is 5.02 Å². The molecular weight excluding hydrogens is 534 g/mol. The Balaban J connectivity index is 1.28. The van der Waals surface area contributed by atoms with E-state index in [1.807, 2.05) is 39.8 Å². The molecule has 1 fully saturated rings. The van der Waals surface area contributed by atoms with Crippen molar-refractivity contribution in [2.45, 2.75) is 84.2 Å². The van der Waals surface area contributed by atoms with Gasteiger partial charge in [0.15, 0.2) is 0 Å². The number of β-amino-alcohol motifs (C(OH)–C–C–N with tert-alkyl or cyclic N) is 1. The van der Waals surface area contributed by atoms with Crippen LogP contribution in [0.1, 0.15) is 80.0 Å². The molecule has 0 atom stereocenters. The van der Waals surface area contributed by atoms with Gasteiger partial charge in [-0.15, -0.1) is 0 Å². The van der Waals surface area contributed by atoms with Crippen molar-refractivity contribution in [1.29, 1.82) is 0 Å². The molecule has 2 aromatic carbocycles. The number of hydrogen-bond acceptors (Lipinski definition) is 6. The average Bonchev–Trinajstić information content (AvgIpc) is 3.14. The monoisotopic (exact) mass is 575 g/mol. The maximum Gasteiger partial charge on any atom is 0.234 e. The predicted molar refractivity (Wildman–Crippen MR) is 166 cm³/mol. The second-order valence-corrected chi connectivity index (χ2v) is 13.3. The van der Waals surface area contributed by atoms with Crippen molar-refractivity contribution in [1.82, 2.24) is 14.9 Å². The maximum absolute atomic E-state index is 12.5. The largest absolute Gasteiger partial charge is 0.389 e. The van der Waals surface area contributed by atoms with Crippen molar-refractivity contribution in [2.24, 2.45) is 0 Å². The number of amides is 1. The summed E-state index contributed by atoms with van der Waals surface area (Å²) in [4.78, 5) is 24.1. The minimum atomic E-state index is -0.660. The Kier molecular flexibility index (Phi) is 8.16. The molecule has 2 aliphatic rings. The van der Waals surface area contributed by atoms with Gasteiger partial charge in [0.2, 0.25) is 11.9 Å². The van der Waals surface area contributed by atoms with Gasteiger partial charge in [-0.2, -0.15) is 0 Å². The van der Waals surface area contributed by atoms with Gasteiger partial charge in [-0.1, -0.05) is 29.8 Å². The molecule has 7 nitrogen and oxygen atoms in total. The molecule has 3 heterocycles. The van der Waals surface area contributed by atoms with E-state index in [9.17, 15) is 9.90 Å². The first-order valence-electron chi connectivity index (χ1n) is 14.6. The van der Waals surface area contributed by atoms with Gasteiger partial charge in [0.1, 0.15) is 0 Å². The number of likely N-dealkylation sites (tertiary alicyclic amines) is 1. The summed E-state index contributed by atoms with van der Waals surface area (Å²) in [5, 5.41) is 17.2. The number of piperidine rings is 1. The van der Waals surface area contributed by atoms with Crippen molar-refractivity contribution in [3.05, 3.63) is 75.1 Å². The molecule has 41 heavy (non-hydrogen) atoms. The second kappa shape index (κ2) is 11.3. The minimum Gasteiger partial charge on any atom is -0.389 e. The maximum atomic E-state index is 12.5. The van der Waals surface area contributed by atoms with Crippen molar-refractivity contribution in [2.75, 3.05) is 30.3 Å². The number of carbonyl (C=O) groups is 1. The molecule has 2 aliphatic heterocycles. The number of hydrogen-bond donors (Lipinski definition) is 3. The van der Waals surface area contributed by atoms with Gasteiger partial charge in [-0.05, 0) is 126 Å². The Morgan fingerprint density at radius 2 is 1.88 bits per heavy atom. The normalized spacial score (nSPS) is 17.4. The number of nitrogens with zero attached hydrogens (tertiary/aromatic N) is 3. The molecule has 0 spiro atoms. The number of aliphatic hydroxyl groups is 1. The van der Waals surface area contributed by atoms with Crippen LogP contribution in [-0.2, 0) is 23.1 Å². The summed E-state index contributed by atoms with van der Waals surface area (Å²) in [6, 6.07) is 10.5. The molecule has 3 aromatic rings. The number of aryl methyl sites for hydroxylation is 4. The highest BCUT2D eigenvalue weighted by atomic mass is 35.5. The van der Waals surface area contributed by atoms with E-state index in [2.05, 4.69) is 52.6 Å². The third kappa shape index (κ3) is 6.42. The molecule has 5 rings (SSSR count). The van der Waals surface area contributed by atoms with E-state index in [4.69, 9.17) is 16.6 Å². The zero-order valence-corrected chi connectivity index (χ0v) is 25.8. The Hall–Kier alpha value is -3.00. The van der Waals surface area contributed by atoms with Crippen molar-refractivity contribution in [3.8, 4) is 0 Å². The van der Waals surface area contributed by atoms with Gasteiger partial charge in [0.25, 0.3) is 0 Å². The summed E-state index contributed by atoms with van der Waals surface area (Å²) in [6.07, 6.45) is 5.21. The molecule has 1 aromatic heterocycles. The van der Waals surface area contributed by atoms with Crippen LogP contribution in [-0.4, -0.2) is 51.1 Å². The lowest BCUT2D eigenvalue weighted by atomic mass is 9.82. The van der Waals surface area contributed by atoms with Crippen LogP contribution in [0.15, 0.2) is 36.5 Å². The summed E-state index contributed by atoms with van der Waals surface area (Å²) >= 11 is 6.53. The van der Waals surface area contributed by atoms with Crippen LogP contribution < -0.4 is 10.6 Å². The Labute approximate surface area is 248 Å². The van der Waals surface area contributed by atoms with Crippen LogP contribution in [0, 0.1) is 13.8 Å². The first-order chi connectivity index (χ1) is 19.3. The Morgan fingerprint density at radius 1 is 1.15 bits per heavy atom. The number of rotatable bonds is 8. The first kappa shape index (κ1) is 29.5. The number of carbonyl (C=O) groups excluding carboxylic acids is 1. The van der Waals surface area contributed by atoms with Crippen LogP contribution in [0.3, 0.4) is 0 Å². The Morgan fingerprint density at radius 3 is 2.59 bits per heavy atom. The molecule has 1 saturated heterocycles. The lowest BCUT2D eigenvalue weighted by Gasteiger charge is -2.36. The van der Waals surface area contributed by atoms with Gasteiger partial charge in [0, 0.05) is 17.9 Å². The van der Waals surface area contributed by atoms with E-state index in [0.717, 1.165) is 66.1 Å². The number of nitrogens with one attached hydrogen (secondary N) is 2. The van der Waals surface area contributed by atoms with Crippen LogP contribution in [0.5, 0.6) is 0 Å². The van der Waals surface area contributed by atoms with E-state index in [-0.39, 0.29) is 5.91 Å². The fourth-order valence-corrected chi connectivity index (χ4v) is 6.60. The summed E-state index contributed by atoms with van der Waals surface area (Å²) in [7, 11) is 0. The van der Waals surface area contributed by atoms with Crippen LogP contribution in [0.25, 0.3) is 0 Å². The van der Waals surface area contributed by atoms with Crippen LogP contribution >= 0.6 is 11.6 Å². The highest BCUT2D eigenvalue weighted by molar-refractivity contribution is 6.31. The predicted octanol–water partition coefficient (Wildman–Crippen LogP) is 6.46. The summed E-state index contributed by atoms with van der Waals surface area (Å²) in [6.45, 7) is 14.7. The van der Waals surface area contributed by atoms with Gasteiger partial charge in [0.05, 0.1) is 27.9 Å². The van der Waals surface area contributed by atoms with Gasteiger partial charge in [-0.25, -0.2) is 9.97 Å². The SMILES string of the molecule is Cc1cc(C2CCN(CC(C)(C)O)CC2)c(C)cc1Nc1ncc(Cl)c(CCc2cccc3c2C(C)(C)C(=O)N3)n1. The zero-order valence-electron chi connectivity index (χ0n) is 25.1. The second-order valence-electron chi connectivity index (χ2n) is 12.9. The average molecular weight is 576 g/mol. The fraction of sp³-hybridized carbons (Fsp3) is 0.485. The molecule has 0 radical (unpaired) electrons. The quantitative estimate of drug-likeness (QED) is 0.286. The van der Waals surface area contributed by atoms with Crippen molar-refractivity contribution < 1.29 is 9.90 Å². The summed E-state index contributed by atoms with van der Waals surface area (Å²) in [5.74, 6) is 1.07. The third-order valence-corrected chi connectivity index (χ3v) is 8.85. The molecule has 0 aliphatic carbocycles. The Bertz CT molecular complexity index is 1450. The topological polar surface area (TPSA) is 90.4 Å².